The highest BCUT2D eigenvalue weighted by Crippen LogP contribution is 2.35. The summed E-state index contributed by atoms with van der Waals surface area (Å²) in [6.45, 7) is 1.79. The van der Waals surface area contributed by atoms with Crippen LogP contribution in [0.1, 0.15) is 13.8 Å². The predicted molar refractivity (Wildman–Crippen MR) is 36.1 cm³/mol. The van der Waals surface area contributed by atoms with Crippen LogP contribution in [0.15, 0.2) is 0 Å². The van der Waals surface area contributed by atoms with E-state index in [9.17, 15) is 13.2 Å². The molecule has 0 fully saturated rings. The molecule has 0 atom stereocenters. The van der Waals surface area contributed by atoms with E-state index in [1.807, 2.05) is 0 Å². The van der Waals surface area contributed by atoms with Gasteiger partial charge in [0.1, 0.15) is 0 Å². The molecule has 0 saturated heterocycles. The molecule has 0 saturated carbocycles. The van der Waals surface area contributed by atoms with E-state index >= 15 is 0 Å². The summed E-state index contributed by atoms with van der Waals surface area (Å²) in [7, 11) is 0. The lowest BCUT2D eigenvalue weighted by Gasteiger charge is -2.25. The lowest BCUT2D eigenvalue weighted by atomic mass is 9.93. The van der Waals surface area contributed by atoms with Crippen molar-refractivity contribution in [1.29, 1.82) is 0 Å². The van der Waals surface area contributed by atoms with Gasteiger partial charge in [0.05, 0.1) is 5.41 Å². The van der Waals surface area contributed by atoms with Crippen LogP contribution in [0.25, 0.3) is 0 Å². The first-order valence-electron chi connectivity index (χ1n) is 2.58. The van der Waals surface area contributed by atoms with Crippen molar-refractivity contribution in [2.75, 3.05) is 6.54 Å². The van der Waals surface area contributed by atoms with Crippen molar-refractivity contribution in [2.24, 2.45) is 11.1 Å². The van der Waals surface area contributed by atoms with E-state index in [1.165, 1.54) is 0 Å². The third-order valence-corrected chi connectivity index (χ3v) is 1.28. The fraction of sp³-hybridized carbons (Fsp3) is 1.00. The number of hydrogen-bond donors (Lipinski definition) is 1. The van der Waals surface area contributed by atoms with Crippen molar-refractivity contribution in [3.63, 3.8) is 0 Å². The molecule has 0 aliphatic rings. The Morgan fingerprint density at radius 3 is 1.50 bits per heavy atom. The van der Waals surface area contributed by atoms with Gasteiger partial charge >= 0.3 is 6.18 Å². The van der Waals surface area contributed by atoms with Crippen LogP contribution in [0.4, 0.5) is 13.2 Å². The van der Waals surface area contributed by atoms with Gasteiger partial charge in [0.15, 0.2) is 0 Å². The van der Waals surface area contributed by atoms with E-state index in [-0.39, 0.29) is 19.0 Å². The Labute approximate surface area is 64.2 Å². The molecule has 0 unspecified atom stereocenters. The highest BCUT2D eigenvalue weighted by Gasteiger charge is 2.45. The second-order valence-electron chi connectivity index (χ2n) is 2.59. The minimum Gasteiger partial charge on any atom is -0.330 e. The van der Waals surface area contributed by atoms with Crippen molar-refractivity contribution in [1.82, 2.24) is 0 Å². The van der Waals surface area contributed by atoms with E-state index in [0.29, 0.717) is 0 Å². The predicted octanol–water partition coefficient (Wildman–Crippen LogP) is 1.96. The maximum atomic E-state index is 11.8. The van der Waals surface area contributed by atoms with Gasteiger partial charge in [0, 0.05) is 6.54 Å². The normalized spacial score (nSPS) is 12.6. The maximum absolute atomic E-state index is 11.8. The molecule has 0 bridgehead atoms. The summed E-state index contributed by atoms with van der Waals surface area (Å²) in [5.41, 5.74) is 3.13. The molecule has 0 spiro atoms. The highest BCUT2D eigenvalue weighted by atomic mass is 35.5. The van der Waals surface area contributed by atoms with Gasteiger partial charge in [-0.2, -0.15) is 13.2 Å². The van der Waals surface area contributed by atoms with Gasteiger partial charge in [-0.1, -0.05) is 0 Å². The fourth-order valence-corrected chi connectivity index (χ4v) is 0.116. The van der Waals surface area contributed by atoms with Crippen LogP contribution in [0.5, 0.6) is 0 Å². The molecule has 0 aromatic carbocycles. The van der Waals surface area contributed by atoms with Gasteiger partial charge in [-0.05, 0) is 13.8 Å². The standard InChI is InChI=1S/C5H10F3N.ClH/c1-4(2,3-9)5(6,7)8;/h3,9H2,1-2H3;1H. The zero-order chi connectivity index (χ0) is 7.71. The molecule has 0 amide bonds. The third-order valence-electron chi connectivity index (χ3n) is 1.28. The van der Waals surface area contributed by atoms with Gasteiger partial charge in [-0.25, -0.2) is 0 Å². The molecule has 1 nitrogen and oxygen atoms in total. The number of rotatable bonds is 1. The zero-order valence-electron chi connectivity index (χ0n) is 5.83. The van der Waals surface area contributed by atoms with Gasteiger partial charge in [0.2, 0.25) is 0 Å². The maximum Gasteiger partial charge on any atom is 0.395 e. The average molecular weight is 178 g/mol. The third kappa shape index (κ3) is 2.75. The SMILES string of the molecule is CC(C)(CN)C(F)(F)F.Cl. The van der Waals surface area contributed by atoms with Crippen LogP contribution in [0.3, 0.4) is 0 Å². The number of alkyl halides is 3. The molecule has 0 radical (unpaired) electrons. The summed E-state index contributed by atoms with van der Waals surface area (Å²) in [6.07, 6.45) is -4.18. The van der Waals surface area contributed by atoms with Crippen LogP contribution in [-0.2, 0) is 0 Å². The van der Waals surface area contributed by atoms with Crippen molar-refractivity contribution >= 4 is 12.4 Å². The molecular weight excluding hydrogens is 167 g/mol. The fourth-order valence-electron chi connectivity index (χ4n) is 0.116. The first kappa shape index (κ1) is 12.7. The Hall–Kier alpha value is 0.0400. The quantitative estimate of drug-likeness (QED) is 0.651. The molecule has 5 heteroatoms. The smallest absolute Gasteiger partial charge is 0.330 e. The summed E-state index contributed by atoms with van der Waals surface area (Å²) < 4.78 is 35.3. The molecule has 0 aliphatic heterocycles. The van der Waals surface area contributed by atoms with Gasteiger partial charge in [0.25, 0.3) is 0 Å². The Morgan fingerprint density at radius 2 is 1.50 bits per heavy atom. The monoisotopic (exact) mass is 177 g/mol. The van der Waals surface area contributed by atoms with Crippen LogP contribution < -0.4 is 5.73 Å². The first-order chi connectivity index (χ1) is 3.81. The first-order valence-corrected chi connectivity index (χ1v) is 2.58. The summed E-state index contributed by atoms with van der Waals surface area (Å²) >= 11 is 0. The van der Waals surface area contributed by atoms with E-state index in [0.717, 1.165) is 13.8 Å². The van der Waals surface area contributed by atoms with E-state index in [2.05, 4.69) is 0 Å². The van der Waals surface area contributed by atoms with Gasteiger partial charge in [-0.3, -0.25) is 0 Å². The van der Waals surface area contributed by atoms with E-state index in [4.69, 9.17) is 5.73 Å². The Balaban J connectivity index is 0. The van der Waals surface area contributed by atoms with Crippen molar-refractivity contribution in [3.05, 3.63) is 0 Å². The molecule has 0 aliphatic carbocycles. The Morgan fingerprint density at radius 1 is 1.20 bits per heavy atom. The molecule has 0 rings (SSSR count). The highest BCUT2D eigenvalue weighted by molar-refractivity contribution is 5.85. The lowest BCUT2D eigenvalue weighted by Crippen LogP contribution is -2.38. The number of halogens is 4. The number of nitrogens with two attached hydrogens (primary N) is 1. The van der Waals surface area contributed by atoms with Gasteiger partial charge < -0.3 is 5.73 Å². The molecular formula is C5H11ClF3N. The largest absolute Gasteiger partial charge is 0.395 e. The Bertz CT molecular complexity index is 99.6. The second kappa shape index (κ2) is 3.44. The molecule has 10 heavy (non-hydrogen) atoms. The molecule has 0 aromatic heterocycles. The second-order valence-corrected chi connectivity index (χ2v) is 2.59. The molecule has 2 N–H and O–H groups in total. The zero-order valence-corrected chi connectivity index (χ0v) is 6.64. The van der Waals surface area contributed by atoms with Crippen molar-refractivity contribution in [3.8, 4) is 0 Å². The molecule has 0 heterocycles. The van der Waals surface area contributed by atoms with Crippen LogP contribution in [0, 0.1) is 5.41 Å². The summed E-state index contributed by atoms with van der Waals surface area (Å²) in [6, 6.07) is 0. The lowest BCUT2D eigenvalue weighted by molar-refractivity contribution is -0.207. The van der Waals surface area contributed by atoms with E-state index in [1.54, 1.807) is 0 Å². The summed E-state index contributed by atoms with van der Waals surface area (Å²) in [5, 5.41) is 0. The van der Waals surface area contributed by atoms with Gasteiger partial charge in [-0.15, -0.1) is 12.4 Å². The van der Waals surface area contributed by atoms with Crippen LogP contribution >= 0.6 is 12.4 Å². The molecule has 0 aromatic rings. The van der Waals surface area contributed by atoms with E-state index < -0.39 is 11.6 Å². The summed E-state index contributed by atoms with van der Waals surface area (Å²) in [5.74, 6) is 0. The summed E-state index contributed by atoms with van der Waals surface area (Å²) in [4.78, 5) is 0. The van der Waals surface area contributed by atoms with Crippen LogP contribution in [-0.4, -0.2) is 12.7 Å². The molecule has 64 valence electrons. The minimum atomic E-state index is -4.18. The Kier molecular flexibility index (Phi) is 4.36. The van der Waals surface area contributed by atoms with Crippen molar-refractivity contribution < 1.29 is 13.2 Å². The minimum absolute atomic E-state index is 0. The number of hydrogen-bond acceptors (Lipinski definition) is 1. The average Bonchev–Trinajstić information content (AvgIpc) is 1.64. The van der Waals surface area contributed by atoms with Crippen LogP contribution in [0.2, 0.25) is 0 Å². The van der Waals surface area contributed by atoms with Crippen molar-refractivity contribution in [2.45, 2.75) is 20.0 Å². The topological polar surface area (TPSA) is 26.0 Å².